The number of methoxy groups -OCH3 is 2. The van der Waals surface area contributed by atoms with E-state index in [0.29, 0.717) is 29.2 Å². The van der Waals surface area contributed by atoms with Crippen molar-refractivity contribution < 1.29 is 33.3 Å². The molecule has 50 heavy (non-hydrogen) atoms. The van der Waals surface area contributed by atoms with E-state index in [0.717, 1.165) is 11.1 Å². The molecule has 270 valence electrons. The molecule has 2 aromatic carbocycles. The highest BCUT2D eigenvalue weighted by molar-refractivity contribution is 5.78. The molecule has 1 aromatic heterocycles. The van der Waals surface area contributed by atoms with Crippen LogP contribution in [0.5, 0.6) is 17.2 Å². The molecule has 2 amide bonds. The van der Waals surface area contributed by atoms with Gasteiger partial charge in [-0.2, -0.15) is 0 Å². The smallest absolute Gasteiger partial charge is 0.259 e. The Morgan fingerprint density at radius 3 is 2.02 bits per heavy atom. The predicted octanol–water partition coefficient (Wildman–Crippen LogP) is 4.63. The number of hydrogen-bond acceptors (Lipinski definition) is 9. The molecule has 0 N–H and O–H groups in total. The molecule has 1 atom stereocenters. The van der Waals surface area contributed by atoms with Gasteiger partial charge in [-0.1, -0.05) is 38.1 Å². The van der Waals surface area contributed by atoms with E-state index < -0.39 is 5.56 Å². The average Bonchev–Trinajstić information content (AvgIpc) is 3.12. The van der Waals surface area contributed by atoms with E-state index in [-0.39, 0.29) is 49.1 Å². The van der Waals surface area contributed by atoms with Gasteiger partial charge in [0, 0.05) is 59.5 Å². The Morgan fingerprint density at radius 1 is 0.820 bits per heavy atom. The Kier molecular flexibility index (Phi) is 16.3. The van der Waals surface area contributed by atoms with Gasteiger partial charge in [0.2, 0.25) is 0 Å². The number of rotatable bonds is 16. The minimum Gasteiger partial charge on any atom is -0.497 e. The van der Waals surface area contributed by atoms with Crippen LogP contribution in [0.3, 0.4) is 0 Å². The zero-order valence-electron chi connectivity index (χ0n) is 30.8. The van der Waals surface area contributed by atoms with Crippen LogP contribution < -0.4 is 19.8 Å². The number of allylic oxidation sites excluding steroid dienone is 2. The summed E-state index contributed by atoms with van der Waals surface area (Å²) in [7, 11) is 11.4. The third kappa shape index (κ3) is 11.6. The van der Waals surface area contributed by atoms with Gasteiger partial charge in [0.25, 0.3) is 17.4 Å². The van der Waals surface area contributed by atoms with Crippen molar-refractivity contribution in [2.75, 3.05) is 62.7 Å². The SMILES string of the molecule is CC.COc1ccc([C@@H](C)N(C)/C(=C\C(=C/C=O)OCC(=O)N(C)C)c2cc(OCC(=O)N(C)C)cc(=O)n2Cc2cccc(OC)c2)cc1. The summed E-state index contributed by atoms with van der Waals surface area (Å²) >= 11 is 0. The number of benzene rings is 2. The highest BCUT2D eigenvalue weighted by atomic mass is 16.5. The van der Waals surface area contributed by atoms with Crippen LogP contribution in [-0.2, 0) is 25.7 Å². The molecule has 0 fully saturated rings. The van der Waals surface area contributed by atoms with Crippen molar-refractivity contribution >= 4 is 23.8 Å². The predicted molar refractivity (Wildman–Crippen MR) is 194 cm³/mol. The molecule has 1 heterocycles. The van der Waals surface area contributed by atoms with Crippen molar-refractivity contribution in [2.45, 2.75) is 33.4 Å². The van der Waals surface area contributed by atoms with Crippen LogP contribution in [0.1, 0.15) is 43.6 Å². The lowest BCUT2D eigenvalue weighted by molar-refractivity contribution is -0.132. The van der Waals surface area contributed by atoms with E-state index in [1.54, 1.807) is 59.1 Å². The number of likely N-dealkylation sites (N-methyl/N-ethyl adjacent to an activating group) is 2. The topological polar surface area (TPSA) is 120 Å². The van der Waals surface area contributed by atoms with E-state index in [1.165, 1.54) is 21.9 Å². The minimum absolute atomic E-state index is 0.0958. The quantitative estimate of drug-likeness (QED) is 0.0918. The van der Waals surface area contributed by atoms with Gasteiger partial charge in [-0.3, -0.25) is 19.2 Å². The van der Waals surface area contributed by atoms with Crippen molar-refractivity contribution in [3.8, 4) is 17.2 Å². The normalized spacial score (nSPS) is 11.7. The number of carbonyl (C=O) groups excluding carboxylic acids is 3. The highest BCUT2D eigenvalue weighted by Gasteiger charge is 2.22. The second kappa shape index (κ2) is 20.1. The maximum atomic E-state index is 13.9. The van der Waals surface area contributed by atoms with Crippen LogP contribution in [0, 0.1) is 0 Å². The largest absolute Gasteiger partial charge is 0.497 e. The summed E-state index contributed by atoms with van der Waals surface area (Å²) in [6.07, 6.45) is 3.37. The lowest BCUT2D eigenvalue weighted by Crippen LogP contribution is -2.30. The third-order valence-corrected chi connectivity index (χ3v) is 7.63. The molecule has 0 saturated heterocycles. The Hall–Kier alpha value is -5.52. The summed E-state index contributed by atoms with van der Waals surface area (Å²) in [6.45, 7) is 5.53. The summed E-state index contributed by atoms with van der Waals surface area (Å²) in [5, 5.41) is 0. The molecule has 0 aliphatic rings. The fraction of sp³-hybridized carbons (Fsp3) is 0.368. The van der Waals surface area contributed by atoms with E-state index in [2.05, 4.69) is 0 Å². The molecule has 0 saturated carbocycles. The number of nitrogens with zero attached hydrogens (tertiary/aromatic N) is 4. The molecule has 0 spiro atoms. The third-order valence-electron chi connectivity index (χ3n) is 7.63. The molecule has 0 aliphatic carbocycles. The number of amides is 2. The Labute approximate surface area is 295 Å². The molecule has 12 nitrogen and oxygen atoms in total. The summed E-state index contributed by atoms with van der Waals surface area (Å²) in [6, 6.07) is 17.6. The lowest BCUT2D eigenvalue weighted by Gasteiger charge is -2.32. The van der Waals surface area contributed by atoms with Crippen LogP contribution in [0.4, 0.5) is 0 Å². The number of carbonyl (C=O) groups is 3. The first-order valence-electron chi connectivity index (χ1n) is 16.2. The maximum Gasteiger partial charge on any atom is 0.259 e. The van der Waals surface area contributed by atoms with E-state index in [4.69, 9.17) is 18.9 Å². The zero-order chi connectivity index (χ0) is 37.4. The van der Waals surface area contributed by atoms with Gasteiger partial charge in [0.1, 0.15) is 29.3 Å². The van der Waals surface area contributed by atoms with E-state index >= 15 is 0 Å². The summed E-state index contributed by atoms with van der Waals surface area (Å²) in [5.74, 6) is 1.00. The molecule has 0 radical (unpaired) electrons. The Morgan fingerprint density at radius 2 is 1.44 bits per heavy atom. The van der Waals surface area contributed by atoms with Crippen molar-refractivity contribution in [3.05, 3.63) is 106 Å². The lowest BCUT2D eigenvalue weighted by atomic mass is 10.0. The molecular formula is C38H50N4O8. The van der Waals surface area contributed by atoms with Gasteiger partial charge in [-0.25, -0.2) is 0 Å². The second-order valence-corrected chi connectivity index (χ2v) is 11.3. The van der Waals surface area contributed by atoms with Gasteiger partial charge in [-0.05, 0) is 42.3 Å². The first-order chi connectivity index (χ1) is 23.9. The standard InChI is InChI=1S/C36H44N4O8.C2H6/c1-25(27-12-14-28(45-7)15-13-27)39(6)32(19-30(16-17-41)47-23-35(43)37(2)3)33-20-31(48-24-36(44)38(4)5)21-34(42)40(33)22-26-10-9-11-29(18-26)46-8;1-2/h9-21,25H,22-24H2,1-8H3;1-2H3/b30-16+,32-19-;/t25-;/m1./s1. The second-order valence-electron chi connectivity index (χ2n) is 11.3. The fourth-order valence-electron chi connectivity index (χ4n) is 4.54. The average molecular weight is 691 g/mol. The highest BCUT2D eigenvalue weighted by Crippen LogP contribution is 2.32. The summed E-state index contributed by atoms with van der Waals surface area (Å²) < 4.78 is 23.9. The van der Waals surface area contributed by atoms with Gasteiger partial charge < -0.3 is 38.2 Å². The molecule has 3 rings (SSSR count). The van der Waals surface area contributed by atoms with Crippen molar-refractivity contribution in [1.82, 2.24) is 19.3 Å². The van der Waals surface area contributed by atoms with Gasteiger partial charge >= 0.3 is 0 Å². The fourth-order valence-corrected chi connectivity index (χ4v) is 4.54. The first-order valence-corrected chi connectivity index (χ1v) is 16.2. The molecular weight excluding hydrogens is 640 g/mol. The number of pyridine rings is 1. The minimum atomic E-state index is -0.399. The zero-order valence-corrected chi connectivity index (χ0v) is 30.8. The van der Waals surface area contributed by atoms with Crippen LogP contribution in [0.25, 0.3) is 5.70 Å². The van der Waals surface area contributed by atoms with E-state index in [1.807, 2.05) is 81.2 Å². The Balaban J connectivity index is 0.00000425. The van der Waals surface area contributed by atoms with Gasteiger partial charge in [0.05, 0.1) is 38.2 Å². The van der Waals surface area contributed by atoms with Crippen LogP contribution in [-0.4, -0.2) is 100 Å². The number of ether oxygens (including phenoxy) is 4. The molecule has 0 aliphatic heterocycles. The van der Waals surface area contributed by atoms with Gasteiger partial charge in [-0.15, -0.1) is 0 Å². The van der Waals surface area contributed by atoms with Crippen LogP contribution in [0.2, 0.25) is 0 Å². The molecule has 12 heteroatoms. The number of aldehydes is 1. The first kappa shape index (κ1) is 40.7. The number of hydrogen-bond donors (Lipinski definition) is 0. The number of aromatic nitrogens is 1. The molecule has 3 aromatic rings. The van der Waals surface area contributed by atoms with Crippen molar-refractivity contribution in [1.29, 1.82) is 0 Å². The van der Waals surface area contributed by atoms with Crippen molar-refractivity contribution in [3.63, 3.8) is 0 Å². The summed E-state index contributed by atoms with van der Waals surface area (Å²) in [4.78, 5) is 55.1. The molecule has 0 bridgehead atoms. The molecule has 0 unspecified atom stereocenters. The maximum absolute atomic E-state index is 13.9. The summed E-state index contributed by atoms with van der Waals surface area (Å²) in [5.41, 5.74) is 2.19. The van der Waals surface area contributed by atoms with E-state index in [9.17, 15) is 19.2 Å². The van der Waals surface area contributed by atoms with Crippen LogP contribution >= 0.6 is 0 Å². The Bertz CT molecular complexity index is 1690. The van der Waals surface area contributed by atoms with Crippen molar-refractivity contribution in [2.24, 2.45) is 0 Å². The van der Waals surface area contributed by atoms with Gasteiger partial charge in [0.15, 0.2) is 13.2 Å². The monoisotopic (exact) mass is 690 g/mol. The van der Waals surface area contributed by atoms with Crippen LogP contribution in [0.15, 0.2) is 83.4 Å².